The van der Waals surface area contributed by atoms with E-state index < -0.39 is 34.0 Å². The maximum Gasteiger partial charge on any atom is 0.325 e. The highest BCUT2D eigenvalue weighted by atomic mass is 32.2. The molecular weight excluding hydrogens is 408 g/mol. The molecule has 0 aromatic heterocycles. The number of nitrogens with zero attached hydrogens (tertiary/aromatic N) is 2. The minimum Gasteiger partial charge on any atom is -0.324 e. The first-order valence-corrected chi connectivity index (χ1v) is 11.5. The summed E-state index contributed by atoms with van der Waals surface area (Å²) in [6.45, 7) is 1.26. The van der Waals surface area contributed by atoms with Gasteiger partial charge in [0, 0.05) is 19.8 Å². The Balaban J connectivity index is 1.49. The monoisotopic (exact) mass is 434 g/mol. The molecule has 4 amide bonds. The van der Waals surface area contributed by atoms with Crippen LogP contribution in [0.1, 0.15) is 31.2 Å². The number of carbonyl (C=O) groups is 3. The average Bonchev–Trinajstić information content (AvgIpc) is 3.57. The van der Waals surface area contributed by atoms with E-state index in [1.165, 1.54) is 20.2 Å². The molecule has 162 valence electrons. The summed E-state index contributed by atoms with van der Waals surface area (Å²) in [7, 11) is -0.805. The fourth-order valence-electron chi connectivity index (χ4n) is 4.22. The van der Waals surface area contributed by atoms with E-state index in [4.69, 9.17) is 0 Å². The molecule has 4 rings (SSSR count). The van der Waals surface area contributed by atoms with Gasteiger partial charge in [0.1, 0.15) is 12.1 Å². The molecule has 3 fully saturated rings. The fraction of sp³-hybridized carbons (Fsp3) is 0.550. The number of urea groups is 1. The molecule has 1 aromatic carbocycles. The molecule has 1 saturated heterocycles. The molecule has 10 heteroatoms. The summed E-state index contributed by atoms with van der Waals surface area (Å²) < 4.78 is 26.0. The minimum atomic E-state index is -3.67. The number of amides is 4. The van der Waals surface area contributed by atoms with Crippen molar-refractivity contribution in [2.45, 2.75) is 43.0 Å². The number of aryl methyl sites for hydroxylation is 1. The van der Waals surface area contributed by atoms with Gasteiger partial charge in [0.2, 0.25) is 15.9 Å². The molecule has 30 heavy (non-hydrogen) atoms. The van der Waals surface area contributed by atoms with Gasteiger partial charge in [0.25, 0.3) is 5.91 Å². The van der Waals surface area contributed by atoms with E-state index in [2.05, 4.69) is 10.6 Å². The van der Waals surface area contributed by atoms with Crippen LogP contribution in [-0.4, -0.2) is 61.6 Å². The number of imide groups is 1. The highest BCUT2D eigenvalue weighted by molar-refractivity contribution is 7.89. The lowest BCUT2D eigenvalue weighted by Gasteiger charge is -2.26. The van der Waals surface area contributed by atoms with Crippen molar-refractivity contribution in [2.75, 3.05) is 26.0 Å². The number of hydrogen-bond acceptors (Lipinski definition) is 5. The first-order valence-electron chi connectivity index (χ1n) is 10.0. The molecule has 1 heterocycles. The number of carbonyl (C=O) groups excluding carboxylic acids is 3. The Morgan fingerprint density at radius 1 is 1.20 bits per heavy atom. The van der Waals surface area contributed by atoms with E-state index in [0.717, 1.165) is 34.9 Å². The summed E-state index contributed by atoms with van der Waals surface area (Å²) in [5.41, 5.74) is -0.00283. The minimum absolute atomic E-state index is 0.0850. The first kappa shape index (κ1) is 20.8. The smallest absolute Gasteiger partial charge is 0.324 e. The van der Waals surface area contributed by atoms with Crippen LogP contribution in [0.3, 0.4) is 0 Å². The molecule has 1 aliphatic heterocycles. The standard InChI is InChI=1S/C20H26N4O5S/c1-12-4-9-15(10-16(12)30(28,29)23(2)3)21-17(25)11-24-18(26)20(13-5-6-13,14-7-8-14)22-19(24)27/h4,9-10,13-14H,5-8,11H2,1-3H3,(H,21,25)(H,22,27). The van der Waals surface area contributed by atoms with Gasteiger partial charge in [-0.15, -0.1) is 0 Å². The van der Waals surface area contributed by atoms with E-state index in [0.29, 0.717) is 5.56 Å². The SMILES string of the molecule is Cc1ccc(NC(=O)CN2C(=O)NC(C3CC3)(C3CC3)C2=O)cc1S(=O)(=O)N(C)C. The molecule has 0 unspecified atom stereocenters. The average molecular weight is 435 g/mol. The molecule has 0 bridgehead atoms. The quantitative estimate of drug-likeness (QED) is 0.628. The van der Waals surface area contributed by atoms with E-state index in [1.807, 2.05) is 0 Å². The Kier molecular flexibility index (Phi) is 4.89. The molecule has 0 radical (unpaired) electrons. The van der Waals surface area contributed by atoms with Gasteiger partial charge in [-0.25, -0.2) is 17.5 Å². The van der Waals surface area contributed by atoms with Crippen LogP contribution in [0.4, 0.5) is 10.5 Å². The zero-order chi connectivity index (χ0) is 21.8. The van der Waals surface area contributed by atoms with E-state index in [9.17, 15) is 22.8 Å². The Labute approximate surface area is 175 Å². The van der Waals surface area contributed by atoms with Crippen LogP contribution in [0, 0.1) is 18.8 Å². The summed E-state index contributed by atoms with van der Waals surface area (Å²) in [6, 6.07) is 4.04. The van der Waals surface area contributed by atoms with Crippen molar-refractivity contribution in [1.82, 2.24) is 14.5 Å². The van der Waals surface area contributed by atoms with Crippen LogP contribution in [0.15, 0.2) is 23.1 Å². The fourth-order valence-corrected chi connectivity index (χ4v) is 5.36. The summed E-state index contributed by atoms with van der Waals surface area (Å²) in [5, 5.41) is 5.49. The van der Waals surface area contributed by atoms with Crippen LogP contribution >= 0.6 is 0 Å². The number of nitrogens with one attached hydrogen (secondary N) is 2. The second-order valence-corrected chi connectivity index (χ2v) is 10.7. The van der Waals surface area contributed by atoms with Gasteiger partial charge in [-0.2, -0.15) is 0 Å². The van der Waals surface area contributed by atoms with Crippen LogP contribution in [-0.2, 0) is 19.6 Å². The second kappa shape index (κ2) is 7.05. The van der Waals surface area contributed by atoms with Crippen LogP contribution in [0.5, 0.6) is 0 Å². The molecule has 9 nitrogen and oxygen atoms in total. The maximum absolute atomic E-state index is 13.1. The normalized spacial score (nSPS) is 21.1. The first-order chi connectivity index (χ1) is 14.1. The Bertz CT molecular complexity index is 1020. The predicted molar refractivity (Wildman–Crippen MR) is 109 cm³/mol. The van der Waals surface area contributed by atoms with E-state index in [1.54, 1.807) is 19.1 Å². The summed E-state index contributed by atoms with van der Waals surface area (Å²) in [6.07, 6.45) is 3.65. The molecule has 0 atom stereocenters. The number of sulfonamides is 1. The third-order valence-electron chi connectivity index (χ3n) is 6.13. The molecule has 2 saturated carbocycles. The van der Waals surface area contributed by atoms with E-state index in [-0.39, 0.29) is 28.3 Å². The molecule has 2 N–H and O–H groups in total. The predicted octanol–water partition coefficient (Wildman–Crippen LogP) is 1.29. The lowest BCUT2D eigenvalue weighted by atomic mass is 9.87. The van der Waals surface area contributed by atoms with Crippen LogP contribution in [0.2, 0.25) is 0 Å². The van der Waals surface area contributed by atoms with Gasteiger partial charge in [-0.3, -0.25) is 14.5 Å². The third kappa shape index (κ3) is 3.37. The lowest BCUT2D eigenvalue weighted by Crippen LogP contribution is -2.51. The van der Waals surface area contributed by atoms with Crippen molar-refractivity contribution in [3.63, 3.8) is 0 Å². The van der Waals surface area contributed by atoms with Gasteiger partial charge in [-0.1, -0.05) is 6.07 Å². The van der Waals surface area contributed by atoms with Gasteiger partial charge in [0.05, 0.1) is 4.90 Å². The van der Waals surface area contributed by atoms with Crippen LogP contribution < -0.4 is 10.6 Å². The van der Waals surface area contributed by atoms with Crippen molar-refractivity contribution in [2.24, 2.45) is 11.8 Å². The highest BCUT2D eigenvalue weighted by Crippen LogP contribution is 2.54. The molecule has 3 aliphatic rings. The molecule has 2 aliphatic carbocycles. The lowest BCUT2D eigenvalue weighted by molar-refractivity contribution is -0.135. The van der Waals surface area contributed by atoms with Crippen molar-refractivity contribution in [3.05, 3.63) is 23.8 Å². The van der Waals surface area contributed by atoms with Gasteiger partial charge in [-0.05, 0) is 62.1 Å². The number of rotatable bonds is 7. The Morgan fingerprint density at radius 2 is 1.80 bits per heavy atom. The van der Waals surface area contributed by atoms with E-state index >= 15 is 0 Å². The van der Waals surface area contributed by atoms with Crippen molar-refractivity contribution < 1.29 is 22.8 Å². The summed E-state index contributed by atoms with van der Waals surface area (Å²) in [5.74, 6) is -0.554. The molecule has 0 spiro atoms. The van der Waals surface area contributed by atoms with Gasteiger partial charge in [0.15, 0.2) is 0 Å². The zero-order valence-electron chi connectivity index (χ0n) is 17.3. The molecule has 1 aromatic rings. The molecular formula is C20H26N4O5S. The largest absolute Gasteiger partial charge is 0.325 e. The topological polar surface area (TPSA) is 116 Å². The van der Waals surface area contributed by atoms with Gasteiger partial charge >= 0.3 is 6.03 Å². The summed E-state index contributed by atoms with van der Waals surface area (Å²) in [4.78, 5) is 39.2. The van der Waals surface area contributed by atoms with Crippen molar-refractivity contribution in [1.29, 1.82) is 0 Å². The third-order valence-corrected chi connectivity index (χ3v) is 8.09. The second-order valence-electron chi connectivity index (χ2n) is 8.55. The van der Waals surface area contributed by atoms with Crippen LogP contribution in [0.25, 0.3) is 0 Å². The Hall–Kier alpha value is -2.46. The zero-order valence-corrected chi connectivity index (χ0v) is 18.1. The number of anilines is 1. The highest BCUT2D eigenvalue weighted by Gasteiger charge is 2.65. The van der Waals surface area contributed by atoms with Crippen molar-refractivity contribution in [3.8, 4) is 0 Å². The number of hydrogen-bond donors (Lipinski definition) is 2. The van der Waals surface area contributed by atoms with Gasteiger partial charge < -0.3 is 10.6 Å². The van der Waals surface area contributed by atoms with Crippen molar-refractivity contribution >= 4 is 33.6 Å². The Morgan fingerprint density at radius 3 is 2.33 bits per heavy atom. The maximum atomic E-state index is 13.1. The number of benzene rings is 1. The summed E-state index contributed by atoms with van der Waals surface area (Å²) >= 11 is 0.